The van der Waals surface area contributed by atoms with Crippen molar-refractivity contribution in [1.29, 1.82) is 0 Å². The third-order valence-corrected chi connectivity index (χ3v) is 3.30. The molecule has 2 rings (SSSR count). The van der Waals surface area contributed by atoms with Gasteiger partial charge in [-0.3, -0.25) is 4.79 Å². The Kier molecular flexibility index (Phi) is 4.75. The molecule has 1 amide bonds. The molecule has 0 aliphatic carbocycles. The molecule has 1 unspecified atom stereocenters. The highest BCUT2D eigenvalue weighted by Gasteiger charge is 2.27. The van der Waals surface area contributed by atoms with Gasteiger partial charge in [-0.05, 0) is 25.0 Å². The van der Waals surface area contributed by atoms with Gasteiger partial charge in [0.15, 0.2) is 0 Å². The van der Waals surface area contributed by atoms with E-state index in [0.717, 1.165) is 16.5 Å². The molecule has 106 valence electrons. The summed E-state index contributed by atoms with van der Waals surface area (Å²) in [5, 5.41) is 21.7. The van der Waals surface area contributed by atoms with Gasteiger partial charge in [0.25, 0.3) is 0 Å². The van der Waals surface area contributed by atoms with Gasteiger partial charge >= 0.3 is 7.12 Å². The molecule has 1 heterocycles. The summed E-state index contributed by atoms with van der Waals surface area (Å²) in [6.07, 6.45) is 1.83. The number of nitrogens with one attached hydrogen (secondary N) is 1. The molecule has 1 aromatic heterocycles. The smallest absolute Gasteiger partial charge is 0.464 e. The quantitative estimate of drug-likeness (QED) is 0.485. The second-order valence-electron chi connectivity index (χ2n) is 4.67. The summed E-state index contributed by atoms with van der Waals surface area (Å²) >= 11 is 4.02. The van der Waals surface area contributed by atoms with E-state index < -0.39 is 18.3 Å². The van der Waals surface area contributed by atoms with Crippen molar-refractivity contribution in [3.63, 3.8) is 0 Å². The van der Waals surface area contributed by atoms with E-state index in [0.29, 0.717) is 0 Å². The summed E-state index contributed by atoms with van der Waals surface area (Å²) < 4.78 is 5.39. The maximum atomic E-state index is 11.6. The second-order valence-corrected chi connectivity index (χ2v) is 5.44. The van der Waals surface area contributed by atoms with Gasteiger partial charge < -0.3 is 19.8 Å². The van der Waals surface area contributed by atoms with Gasteiger partial charge in [-0.2, -0.15) is 12.6 Å². The third kappa shape index (κ3) is 3.36. The lowest BCUT2D eigenvalue weighted by molar-refractivity contribution is -0.120. The van der Waals surface area contributed by atoms with Crippen molar-refractivity contribution in [2.24, 2.45) is 0 Å². The number of benzene rings is 1. The van der Waals surface area contributed by atoms with Crippen LogP contribution >= 0.6 is 12.6 Å². The first-order valence-corrected chi connectivity index (χ1v) is 6.80. The van der Waals surface area contributed by atoms with E-state index >= 15 is 0 Å². The first-order valence-electron chi connectivity index (χ1n) is 6.28. The summed E-state index contributed by atoms with van der Waals surface area (Å²) in [5.41, 5.74) is 1.54. The van der Waals surface area contributed by atoms with E-state index in [2.05, 4.69) is 17.9 Å². The standard InChI is InChI=1S/C13H16BNO4S/c1-8(20)13(16)15-12(14(17)18)6-9-7-19-11-5-3-2-4-10(9)11/h2-5,7-8,12,17-18,20H,6H2,1H3,(H,15,16)/t8?,12-/m0/s1. The Hall–Kier alpha value is -1.44. The lowest BCUT2D eigenvalue weighted by atomic mass is 9.76. The predicted molar refractivity (Wildman–Crippen MR) is 80.5 cm³/mol. The van der Waals surface area contributed by atoms with Crippen LogP contribution in [0.5, 0.6) is 0 Å². The number of rotatable bonds is 5. The first-order chi connectivity index (χ1) is 9.49. The van der Waals surface area contributed by atoms with Crippen molar-refractivity contribution in [3.8, 4) is 0 Å². The normalized spacial score (nSPS) is 14.0. The molecule has 2 aromatic rings. The van der Waals surface area contributed by atoms with Gasteiger partial charge in [-0.25, -0.2) is 0 Å². The third-order valence-electron chi connectivity index (χ3n) is 3.07. The highest BCUT2D eigenvalue weighted by Crippen LogP contribution is 2.22. The summed E-state index contributed by atoms with van der Waals surface area (Å²) in [6, 6.07) is 7.45. The van der Waals surface area contributed by atoms with E-state index in [-0.39, 0.29) is 12.3 Å². The molecule has 0 bridgehead atoms. The van der Waals surface area contributed by atoms with Crippen molar-refractivity contribution in [2.45, 2.75) is 24.5 Å². The van der Waals surface area contributed by atoms with E-state index in [1.807, 2.05) is 24.3 Å². The Morgan fingerprint density at radius 2 is 2.15 bits per heavy atom. The Balaban J connectivity index is 2.18. The average Bonchev–Trinajstić information content (AvgIpc) is 2.81. The van der Waals surface area contributed by atoms with E-state index in [9.17, 15) is 14.8 Å². The topological polar surface area (TPSA) is 82.7 Å². The van der Waals surface area contributed by atoms with Crippen molar-refractivity contribution in [2.75, 3.05) is 0 Å². The van der Waals surface area contributed by atoms with E-state index in [1.165, 1.54) is 0 Å². The molecule has 2 atom stereocenters. The van der Waals surface area contributed by atoms with Crippen molar-refractivity contribution >= 4 is 36.6 Å². The molecular formula is C13H16BNO4S. The number of hydrogen-bond donors (Lipinski definition) is 4. The molecule has 5 nitrogen and oxygen atoms in total. The molecule has 0 radical (unpaired) electrons. The fraction of sp³-hybridized carbons (Fsp3) is 0.308. The van der Waals surface area contributed by atoms with Crippen LogP contribution in [0, 0.1) is 0 Å². The molecule has 0 saturated heterocycles. The lowest BCUT2D eigenvalue weighted by Crippen LogP contribution is -2.49. The minimum atomic E-state index is -1.65. The summed E-state index contributed by atoms with van der Waals surface area (Å²) in [7, 11) is -1.65. The zero-order valence-electron chi connectivity index (χ0n) is 11.0. The van der Waals surface area contributed by atoms with Crippen LogP contribution in [0.3, 0.4) is 0 Å². The van der Waals surface area contributed by atoms with Crippen LogP contribution in [-0.4, -0.2) is 34.3 Å². The van der Waals surface area contributed by atoms with Gasteiger partial charge in [-0.1, -0.05) is 18.2 Å². The Bertz CT molecular complexity index is 599. The Labute approximate surface area is 122 Å². The number of fused-ring (bicyclic) bond motifs is 1. The summed E-state index contributed by atoms with van der Waals surface area (Å²) in [6.45, 7) is 1.62. The van der Waals surface area contributed by atoms with E-state index in [1.54, 1.807) is 13.2 Å². The molecule has 20 heavy (non-hydrogen) atoms. The SMILES string of the molecule is CC(S)C(=O)N[C@@H](Cc1coc2ccccc12)B(O)O. The Morgan fingerprint density at radius 1 is 1.45 bits per heavy atom. The van der Waals surface area contributed by atoms with Crippen molar-refractivity contribution in [3.05, 3.63) is 36.1 Å². The summed E-state index contributed by atoms with van der Waals surface area (Å²) in [5.74, 6) is -1.16. The molecule has 3 N–H and O–H groups in total. The molecule has 0 aliphatic rings. The summed E-state index contributed by atoms with van der Waals surface area (Å²) in [4.78, 5) is 11.6. The number of para-hydroxylation sites is 1. The number of hydrogen-bond acceptors (Lipinski definition) is 5. The maximum Gasteiger partial charge on any atom is 0.475 e. The zero-order chi connectivity index (χ0) is 14.7. The number of thiol groups is 1. The molecule has 0 fully saturated rings. The monoisotopic (exact) mass is 293 g/mol. The Morgan fingerprint density at radius 3 is 2.80 bits per heavy atom. The van der Waals surface area contributed by atoms with Crippen molar-refractivity contribution < 1.29 is 19.3 Å². The second kappa shape index (κ2) is 6.34. The molecule has 0 spiro atoms. The largest absolute Gasteiger partial charge is 0.475 e. The highest BCUT2D eigenvalue weighted by molar-refractivity contribution is 7.81. The van der Waals surface area contributed by atoms with E-state index in [4.69, 9.17) is 4.42 Å². The zero-order valence-corrected chi connectivity index (χ0v) is 11.9. The lowest BCUT2D eigenvalue weighted by Gasteiger charge is -2.18. The molecule has 7 heteroatoms. The average molecular weight is 293 g/mol. The van der Waals surface area contributed by atoms with Crippen LogP contribution in [0.4, 0.5) is 0 Å². The van der Waals surface area contributed by atoms with Crippen molar-refractivity contribution in [1.82, 2.24) is 5.32 Å². The van der Waals surface area contributed by atoms with Crippen LogP contribution in [0.25, 0.3) is 11.0 Å². The van der Waals surface area contributed by atoms with Gasteiger partial charge in [0.1, 0.15) is 5.58 Å². The fourth-order valence-corrected chi connectivity index (χ4v) is 2.04. The molecule has 1 aromatic carbocycles. The minimum Gasteiger partial charge on any atom is -0.464 e. The van der Waals surface area contributed by atoms with Gasteiger partial charge in [0, 0.05) is 5.39 Å². The molecule has 0 aliphatic heterocycles. The van der Waals surface area contributed by atoms with Crippen LogP contribution in [-0.2, 0) is 11.2 Å². The minimum absolute atomic E-state index is 0.265. The number of carbonyl (C=O) groups is 1. The number of carbonyl (C=O) groups excluding carboxylic acids is 1. The fourth-order valence-electron chi connectivity index (χ4n) is 1.96. The molecular weight excluding hydrogens is 277 g/mol. The maximum absolute atomic E-state index is 11.6. The van der Waals surface area contributed by atoms with Gasteiger partial charge in [-0.15, -0.1) is 0 Å². The number of furan rings is 1. The first kappa shape index (κ1) is 15.0. The van der Waals surface area contributed by atoms with Crippen LogP contribution in [0.2, 0.25) is 0 Å². The van der Waals surface area contributed by atoms with Crippen LogP contribution in [0.15, 0.2) is 34.9 Å². The highest BCUT2D eigenvalue weighted by atomic mass is 32.1. The van der Waals surface area contributed by atoms with Gasteiger partial charge in [0.05, 0.1) is 17.5 Å². The molecule has 0 saturated carbocycles. The van der Waals surface area contributed by atoms with Gasteiger partial charge in [0.2, 0.25) is 5.91 Å². The van der Waals surface area contributed by atoms with Crippen LogP contribution in [0.1, 0.15) is 12.5 Å². The van der Waals surface area contributed by atoms with Crippen LogP contribution < -0.4 is 5.32 Å². The number of amides is 1. The predicted octanol–water partition coefficient (Wildman–Crippen LogP) is 0.790.